The Bertz CT molecular complexity index is 412. The molecule has 1 saturated heterocycles. The van der Waals surface area contributed by atoms with Crippen LogP contribution in [0.25, 0.3) is 0 Å². The number of anilines is 1. The maximum absolute atomic E-state index is 5.51. The van der Waals surface area contributed by atoms with Crippen molar-refractivity contribution in [3.8, 4) is 0 Å². The third kappa shape index (κ3) is 4.46. The minimum atomic E-state index is 0.681. The minimum absolute atomic E-state index is 0.681. The average molecular weight is 277 g/mol. The molecule has 1 aromatic heterocycles. The predicted octanol–water partition coefficient (Wildman–Crippen LogP) is 2.36. The van der Waals surface area contributed by atoms with Crippen molar-refractivity contribution < 1.29 is 4.74 Å². The number of nitrogens with one attached hydrogen (secondary N) is 1. The van der Waals surface area contributed by atoms with E-state index in [9.17, 15) is 0 Å². The van der Waals surface area contributed by atoms with Crippen molar-refractivity contribution in [3.05, 3.63) is 23.4 Å². The van der Waals surface area contributed by atoms with Gasteiger partial charge < -0.3 is 15.0 Å². The van der Waals surface area contributed by atoms with Crippen LogP contribution in [0.4, 0.5) is 5.82 Å². The first-order chi connectivity index (χ1) is 9.66. The van der Waals surface area contributed by atoms with Crippen LogP contribution in [0.1, 0.15) is 31.4 Å². The molecule has 0 unspecified atom stereocenters. The Morgan fingerprint density at radius 2 is 2.20 bits per heavy atom. The van der Waals surface area contributed by atoms with Gasteiger partial charge in [0, 0.05) is 32.4 Å². The maximum atomic E-state index is 5.51. The van der Waals surface area contributed by atoms with E-state index < -0.39 is 0 Å². The van der Waals surface area contributed by atoms with Gasteiger partial charge in [-0.15, -0.1) is 0 Å². The molecule has 0 spiro atoms. The summed E-state index contributed by atoms with van der Waals surface area (Å²) in [5, 5.41) is 3.46. The lowest BCUT2D eigenvalue weighted by atomic mass is 10.1. The van der Waals surface area contributed by atoms with Crippen molar-refractivity contribution in [2.24, 2.45) is 5.92 Å². The topological polar surface area (TPSA) is 37.4 Å². The highest BCUT2D eigenvalue weighted by atomic mass is 16.5. The predicted molar refractivity (Wildman–Crippen MR) is 83.2 cm³/mol. The highest BCUT2D eigenvalue weighted by Gasteiger charge is 2.13. The van der Waals surface area contributed by atoms with Crippen LogP contribution in [0, 0.1) is 12.8 Å². The highest BCUT2D eigenvalue weighted by molar-refractivity contribution is 5.47. The molecule has 4 nitrogen and oxygen atoms in total. The second-order valence-corrected chi connectivity index (χ2v) is 5.96. The van der Waals surface area contributed by atoms with Crippen LogP contribution < -0.4 is 10.2 Å². The summed E-state index contributed by atoms with van der Waals surface area (Å²) < 4.78 is 5.51. The van der Waals surface area contributed by atoms with Gasteiger partial charge in [0.15, 0.2) is 0 Å². The van der Waals surface area contributed by atoms with Gasteiger partial charge in [-0.1, -0.05) is 13.8 Å². The van der Waals surface area contributed by atoms with E-state index in [0.29, 0.717) is 5.92 Å². The summed E-state index contributed by atoms with van der Waals surface area (Å²) in [6.45, 7) is 12.2. The lowest BCUT2D eigenvalue weighted by Crippen LogP contribution is -2.27. The van der Waals surface area contributed by atoms with Gasteiger partial charge in [-0.05, 0) is 43.0 Å². The zero-order chi connectivity index (χ0) is 14.4. The van der Waals surface area contributed by atoms with Crippen molar-refractivity contribution in [2.45, 2.75) is 33.7 Å². The Morgan fingerprint density at radius 3 is 2.95 bits per heavy atom. The third-order valence-electron chi connectivity index (χ3n) is 3.51. The first kappa shape index (κ1) is 15.3. The molecule has 2 rings (SSSR count). The van der Waals surface area contributed by atoms with Gasteiger partial charge >= 0.3 is 0 Å². The fourth-order valence-electron chi connectivity index (χ4n) is 2.52. The van der Waals surface area contributed by atoms with Gasteiger partial charge in [-0.2, -0.15) is 0 Å². The van der Waals surface area contributed by atoms with E-state index in [-0.39, 0.29) is 0 Å². The normalized spacial score (nSPS) is 16.5. The Morgan fingerprint density at radius 1 is 1.35 bits per heavy atom. The summed E-state index contributed by atoms with van der Waals surface area (Å²) in [5.74, 6) is 1.79. The molecule has 1 aliphatic rings. The molecule has 0 aliphatic carbocycles. The summed E-state index contributed by atoms with van der Waals surface area (Å²) in [4.78, 5) is 7.01. The summed E-state index contributed by atoms with van der Waals surface area (Å²) in [7, 11) is 0. The van der Waals surface area contributed by atoms with Crippen molar-refractivity contribution in [3.63, 3.8) is 0 Å². The van der Waals surface area contributed by atoms with Crippen LogP contribution in [0.3, 0.4) is 0 Å². The van der Waals surface area contributed by atoms with E-state index in [1.807, 2.05) is 6.20 Å². The average Bonchev–Trinajstić information content (AvgIpc) is 2.67. The van der Waals surface area contributed by atoms with Crippen molar-refractivity contribution >= 4 is 5.82 Å². The maximum Gasteiger partial charge on any atom is 0.131 e. The highest BCUT2D eigenvalue weighted by Crippen LogP contribution is 2.19. The van der Waals surface area contributed by atoms with Crippen molar-refractivity contribution in [1.29, 1.82) is 0 Å². The second-order valence-electron chi connectivity index (χ2n) is 5.96. The Hall–Kier alpha value is -1.13. The van der Waals surface area contributed by atoms with Gasteiger partial charge in [-0.25, -0.2) is 4.98 Å². The van der Waals surface area contributed by atoms with Gasteiger partial charge in [-0.3, -0.25) is 0 Å². The summed E-state index contributed by atoms with van der Waals surface area (Å²) in [6.07, 6.45) is 3.08. The Balaban J connectivity index is 1.97. The molecule has 0 radical (unpaired) electrons. The van der Waals surface area contributed by atoms with Gasteiger partial charge in [0.1, 0.15) is 5.82 Å². The molecule has 4 heteroatoms. The third-order valence-corrected chi connectivity index (χ3v) is 3.51. The summed E-state index contributed by atoms with van der Waals surface area (Å²) in [6, 6.07) is 2.25. The van der Waals surface area contributed by atoms with E-state index in [0.717, 1.165) is 51.6 Å². The molecular formula is C16H27N3O. The molecule has 0 bridgehead atoms. The quantitative estimate of drug-likeness (QED) is 0.896. The van der Waals surface area contributed by atoms with E-state index in [1.54, 1.807) is 0 Å². The lowest BCUT2D eigenvalue weighted by molar-refractivity contribution is 0.152. The summed E-state index contributed by atoms with van der Waals surface area (Å²) >= 11 is 0. The number of aryl methyl sites for hydroxylation is 1. The molecule has 0 amide bonds. The Kier molecular flexibility index (Phi) is 5.80. The number of pyridine rings is 1. The van der Waals surface area contributed by atoms with Crippen LogP contribution in [-0.4, -0.2) is 37.8 Å². The molecule has 1 aliphatic heterocycles. The molecule has 0 saturated carbocycles. The van der Waals surface area contributed by atoms with Crippen molar-refractivity contribution in [2.75, 3.05) is 37.7 Å². The molecule has 1 aromatic rings. The number of ether oxygens (including phenoxy) is 1. The molecule has 112 valence electrons. The van der Waals surface area contributed by atoms with Crippen molar-refractivity contribution in [1.82, 2.24) is 10.3 Å². The minimum Gasteiger partial charge on any atom is -0.380 e. The number of rotatable bonds is 5. The fraction of sp³-hybridized carbons (Fsp3) is 0.688. The number of hydrogen-bond acceptors (Lipinski definition) is 4. The van der Waals surface area contributed by atoms with E-state index in [1.165, 1.54) is 11.1 Å². The van der Waals surface area contributed by atoms with Crippen LogP contribution >= 0.6 is 0 Å². The molecule has 0 aromatic carbocycles. The zero-order valence-electron chi connectivity index (χ0n) is 13.0. The fourth-order valence-corrected chi connectivity index (χ4v) is 2.52. The first-order valence-corrected chi connectivity index (χ1v) is 7.65. The SMILES string of the molecule is Cc1cc(CNCC(C)C)cnc1N1CCCOCC1. The first-order valence-electron chi connectivity index (χ1n) is 7.65. The summed E-state index contributed by atoms with van der Waals surface area (Å²) in [5.41, 5.74) is 2.52. The molecular weight excluding hydrogens is 250 g/mol. The van der Waals surface area contributed by atoms with E-state index in [2.05, 4.69) is 42.0 Å². The van der Waals surface area contributed by atoms with Gasteiger partial charge in [0.05, 0.1) is 6.61 Å². The molecule has 2 heterocycles. The number of nitrogens with zero attached hydrogens (tertiary/aromatic N) is 2. The molecule has 1 fully saturated rings. The lowest BCUT2D eigenvalue weighted by Gasteiger charge is -2.23. The van der Waals surface area contributed by atoms with Crippen LogP contribution in [-0.2, 0) is 11.3 Å². The van der Waals surface area contributed by atoms with E-state index in [4.69, 9.17) is 4.74 Å². The Labute approximate surface area is 122 Å². The zero-order valence-corrected chi connectivity index (χ0v) is 13.0. The molecule has 1 N–H and O–H groups in total. The monoisotopic (exact) mass is 277 g/mol. The van der Waals surface area contributed by atoms with Crippen LogP contribution in [0.15, 0.2) is 12.3 Å². The molecule has 20 heavy (non-hydrogen) atoms. The largest absolute Gasteiger partial charge is 0.380 e. The molecule has 0 atom stereocenters. The second kappa shape index (κ2) is 7.60. The number of hydrogen-bond donors (Lipinski definition) is 1. The van der Waals surface area contributed by atoms with Crippen LogP contribution in [0.2, 0.25) is 0 Å². The number of aromatic nitrogens is 1. The smallest absolute Gasteiger partial charge is 0.131 e. The van der Waals surface area contributed by atoms with E-state index >= 15 is 0 Å². The van der Waals surface area contributed by atoms with Gasteiger partial charge in [0.2, 0.25) is 0 Å². The van der Waals surface area contributed by atoms with Gasteiger partial charge in [0.25, 0.3) is 0 Å². The van der Waals surface area contributed by atoms with Crippen LogP contribution in [0.5, 0.6) is 0 Å². The standard InChI is InChI=1S/C16H27N3O/c1-13(2)10-17-11-15-9-14(3)16(18-12-15)19-5-4-7-20-8-6-19/h9,12-13,17H,4-8,10-11H2,1-3H3.